The van der Waals surface area contributed by atoms with Gasteiger partial charge in [0.1, 0.15) is 6.10 Å². The van der Waals surface area contributed by atoms with Crippen molar-refractivity contribution < 1.29 is 38.2 Å². The molecule has 0 aromatic heterocycles. The number of carbonyl (C=O) groups excluding carboxylic acids is 5. The molecule has 0 aliphatic heterocycles. The summed E-state index contributed by atoms with van der Waals surface area (Å²) in [5, 5.41) is 0. The Morgan fingerprint density at radius 1 is 1.03 bits per heavy atom. The Kier molecular flexibility index (Phi) is 6.63. The predicted molar refractivity (Wildman–Crippen MR) is 132 cm³/mol. The van der Waals surface area contributed by atoms with Crippen LogP contribution in [0.3, 0.4) is 0 Å². The van der Waals surface area contributed by atoms with E-state index in [4.69, 9.17) is 14.2 Å². The van der Waals surface area contributed by atoms with E-state index >= 15 is 0 Å². The maximum Gasteiger partial charge on any atom is 0.303 e. The molecule has 0 radical (unpaired) electrons. The van der Waals surface area contributed by atoms with Crippen molar-refractivity contribution in [1.29, 1.82) is 0 Å². The Balaban J connectivity index is 1.85. The predicted octanol–water partition coefficient (Wildman–Crippen LogP) is 3.79. The number of carbonyl (C=O) groups is 5. The number of ketones is 2. The first-order chi connectivity index (χ1) is 16.7. The number of ether oxygens (including phenoxy) is 3. The molecule has 4 rings (SSSR count). The number of esters is 3. The lowest BCUT2D eigenvalue weighted by Gasteiger charge is -2.64. The van der Waals surface area contributed by atoms with E-state index in [1.165, 1.54) is 20.8 Å². The second-order valence-electron chi connectivity index (χ2n) is 11.0. The number of halogens is 1. The first kappa shape index (κ1) is 26.8. The van der Waals surface area contributed by atoms with Gasteiger partial charge in [-0.05, 0) is 56.1 Å². The van der Waals surface area contributed by atoms with E-state index < -0.39 is 57.2 Å². The van der Waals surface area contributed by atoms with Gasteiger partial charge in [0.05, 0.1) is 4.32 Å². The van der Waals surface area contributed by atoms with Gasteiger partial charge in [-0.3, -0.25) is 24.0 Å². The average molecular weight is 565 g/mol. The summed E-state index contributed by atoms with van der Waals surface area (Å²) < 4.78 is 16.2. The van der Waals surface area contributed by atoms with Crippen LogP contribution < -0.4 is 0 Å². The summed E-state index contributed by atoms with van der Waals surface area (Å²) in [6, 6.07) is 0. The molecule has 0 aromatic rings. The Bertz CT molecular complexity index is 1090. The molecule has 36 heavy (non-hydrogen) atoms. The highest BCUT2D eigenvalue weighted by molar-refractivity contribution is 9.10. The van der Waals surface area contributed by atoms with Crippen LogP contribution in [0.15, 0.2) is 23.8 Å². The van der Waals surface area contributed by atoms with Gasteiger partial charge in [0.25, 0.3) is 0 Å². The van der Waals surface area contributed by atoms with E-state index in [1.54, 1.807) is 12.2 Å². The fourth-order valence-electron chi connectivity index (χ4n) is 7.70. The van der Waals surface area contributed by atoms with Crippen LogP contribution >= 0.6 is 15.9 Å². The van der Waals surface area contributed by atoms with Crippen molar-refractivity contribution in [3.63, 3.8) is 0 Å². The highest BCUT2D eigenvalue weighted by atomic mass is 79.9. The van der Waals surface area contributed by atoms with Gasteiger partial charge >= 0.3 is 17.9 Å². The summed E-state index contributed by atoms with van der Waals surface area (Å²) in [6.45, 7) is 7.32. The second kappa shape index (κ2) is 8.92. The van der Waals surface area contributed by atoms with Gasteiger partial charge in [-0.2, -0.15) is 0 Å². The highest BCUT2D eigenvalue weighted by Gasteiger charge is 2.75. The van der Waals surface area contributed by atoms with E-state index in [0.717, 1.165) is 5.57 Å². The summed E-state index contributed by atoms with van der Waals surface area (Å²) >= 11 is 4.08. The van der Waals surface area contributed by atoms with Crippen molar-refractivity contribution in [3.05, 3.63) is 23.8 Å². The number of fused-ring (bicyclic) bond motifs is 5. The van der Waals surface area contributed by atoms with Crippen LogP contribution in [-0.2, 0) is 38.2 Å². The molecule has 9 heteroatoms. The van der Waals surface area contributed by atoms with Crippen molar-refractivity contribution in [3.8, 4) is 0 Å². The fourth-order valence-corrected chi connectivity index (χ4v) is 8.89. The van der Waals surface area contributed by atoms with Crippen molar-refractivity contribution in [2.24, 2.45) is 22.7 Å². The molecule has 4 aliphatic rings. The van der Waals surface area contributed by atoms with Crippen LogP contribution in [0, 0.1) is 22.7 Å². The summed E-state index contributed by atoms with van der Waals surface area (Å²) in [6.07, 6.45) is 7.01. The molecule has 8 nitrogen and oxygen atoms in total. The maximum atomic E-state index is 13.6. The lowest BCUT2D eigenvalue weighted by Crippen LogP contribution is -2.69. The summed E-state index contributed by atoms with van der Waals surface area (Å²) in [7, 11) is 0. The third-order valence-corrected chi connectivity index (χ3v) is 11.1. The van der Waals surface area contributed by atoms with E-state index in [9.17, 15) is 24.0 Å². The quantitative estimate of drug-likeness (QED) is 0.281. The zero-order valence-electron chi connectivity index (χ0n) is 21.4. The van der Waals surface area contributed by atoms with E-state index in [-0.39, 0.29) is 30.5 Å². The number of Topliss-reactive ketones (excluding diaryl/α,β-unsaturated/α-hetero) is 1. The summed E-state index contributed by atoms with van der Waals surface area (Å²) in [5.41, 5.74) is -2.00. The molecular weight excluding hydrogens is 532 g/mol. The minimum atomic E-state index is -1.51. The molecule has 0 spiro atoms. The monoisotopic (exact) mass is 564 g/mol. The third-order valence-electron chi connectivity index (χ3n) is 9.22. The lowest BCUT2D eigenvalue weighted by atomic mass is 9.46. The van der Waals surface area contributed by atoms with Crippen molar-refractivity contribution in [2.45, 2.75) is 82.8 Å². The van der Waals surface area contributed by atoms with Crippen LogP contribution in [0.25, 0.3) is 0 Å². The molecule has 3 fully saturated rings. The minimum Gasteiger partial charge on any atom is -0.461 e. The first-order valence-electron chi connectivity index (χ1n) is 12.4. The minimum absolute atomic E-state index is 0.0560. The largest absolute Gasteiger partial charge is 0.461 e. The molecule has 0 N–H and O–H groups in total. The van der Waals surface area contributed by atoms with Crippen LogP contribution in [0.4, 0.5) is 0 Å². The van der Waals surface area contributed by atoms with Gasteiger partial charge in [-0.15, -0.1) is 0 Å². The maximum absolute atomic E-state index is 13.6. The Hall–Kier alpha value is -2.29. The first-order valence-corrected chi connectivity index (χ1v) is 13.2. The number of rotatable bonds is 5. The van der Waals surface area contributed by atoms with Gasteiger partial charge in [0, 0.05) is 31.6 Å². The Morgan fingerprint density at radius 2 is 1.72 bits per heavy atom. The van der Waals surface area contributed by atoms with E-state index in [2.05, 4.69) is 22.9 Å². The van der Waals surface area contributed by atoms with Gasteiger partial charge < -0.3 is 14.2 Å². The molecule has 4 aliphatic carbocycles. The van der Waals surface area contributed by atoms with Crippen molar-refractivity contribution in [1.82, 2.24) is 0 Å². The number of allylic oxidation sites excluding steroid dienone is 4. The highest BCUT2D eigenvalue weighted by Crippen LogP contribution is 2.72. The smallest absolute Gasteiger partial charge is 0.303 e. The SMILES string of the molecule is CC(=O)OCC(=O)[C@@]1(OC(C)=O)CC[C@H]2[C@@H]3CCC4=CC(=O)C=C[C@]4(C)[C@@]3(Br)[C@@H](OC(C)=O)C[C@@]21C. The number of alkyl halides is 1. The van der Waals surface area contributed by atoms with Gasteiger partial charge in [0.2, 0.25) is 5.78 Å². The molecule has 0 heterocycles. The van der Waals surface area contributed by atoms with Gasteiger partial charge in [-0.1, -0.05) is 41.4 Å². The molecular formula is C27H33BrO8. The fraction of sp³-hybridized carbons (Fsp3) is 0.667. The molecule has 0 aromatic carbocycles. The Morgan fingerprint density at radius 3 is 2.33 bits per heavy atom. The number of hydrogen-bond donors (Lipinski definition) is 0. The molecule has 3 saturated carbocycles. The van der Waals surface area contributed by atoms with E-state index in [1.807, 2.05) is 13.0 Å². The summed E-state index contributed by atoms with van der Waals surface area (Å²) in [5.74, 6) is -2.30. The summed E-state index contributed by atoms with van der Waals surface area (Å²) in [4.78, 5) is 62.0. The second-order valence-corrected chi connectivity index (χ2v) is 12.3. The average Bonchev–Trinajstić information content (AvgIpc) is 3.05. The van der Waals surface area contributed by atoms with Crippen molar-refractivity contribution >= 4 is 45.4 Å². The van der Waals surface area contributed by atoms with Crippen LogP contribution in [0.1, 0.15) is 66.7 Å². The van der Waals surface area contributed by atoms with Crippen LogP contribution in [0.5, 0.6) is 0 Å². The topological polar surface area (TPSA) is 113 Å². The normalized spacial score (nSPS) is 40.8. The molecule has 0 saturated heterocycles. The van der Waals surface area contributed by atoms with Crippen LogP contribution in [0.2, 0.25) is 0 Å². The standard InChI is InChI=1S/C27H33BrO8/c1-15(29)34-14-22(33)26(36-17(3)31)11-9-20-21-7-6-18-12-19(32)8-10-24(18,4)27(21,28)23(35-16(2)30)13-25(20,26)5/h8,10,12,20-21,23H,6-7,9,11,13-14H2,1-5H3/t20-,21-,23-,24-,25-,26-,27-/m0/s1. The van der Waals surface area contributed by atoms with Crippen LogP contribution in [-0.4, -0.2) is 52.1 Å². The molecule has 196 valence electrons. The number of hydrogen-bond acceptors (Lipinski definition) is 8. The van der Waals surface area contributed by atoms with Gasteiger partial charge in [-0.25, -0.2) is 0 Å². The van der Waals surface area contributed by atoms with E-state index in [0.29, 0.717) is 19.3 Å². The Labute approximate surface area is 219 Å². The lowest BCUT2D eigenvalue weighted by molar-refractivity contribution is -0.200. The van der Waals surface area contributed by atoms with Gasteiger partial charge in [0.15, 0.2) is 18.0 Å². The third kappa shape index (κ3) is 3.72. The zero-order valence-corrected chi connectivity index (χ0v) is 22.9. The molecule has 0 amide bonds. The van der Waals surface area contributed by atoms with Crippen molar-refractivity contribution in [2.75, 3.05) is 6.61 Å². The molecule has 0 unspecified atom stereocenters. The molecule has 7 atom stereocenters. The molecule has 0 bridgehead atoms. The zero-order chi connectivity index (χ0) is 26.7.